The lowest BCUT2D eigenvalue weighted by molar-refractivity contribution is 0.519. The van der Waals surface area contributed by atoms with E-state index in [4.69, 9.17) is 0 Å². The Morgan fingerprint density at radius 3 is 3.23 bits per heavy atom. The van der Waals surface area contributed by atoms with E-state index >= 15 is 0 Å². The number of piperidine rings is 1. The van der Waals surface area contributed by atoms with Crippen molar-refractivity contribution in [1.82, 2.24) is 10.3 Å². The molecule has 1 aliphatic rings. The topological polar surface area (TPSA) is 42.0 Å². The minimum absolute atomic E-state index is 0.264. The first-order valence-corrected chi connectivity index (χ1v) is 6.48. The number of aromatic nitrogens is 1. The van der Waals surface area contributed by atoms with Crippen molar-refractivity contribution in [2.24, 2.45) is 0 Å². The van der Waals surface area contributed by atoms with Gasteiger partial charge in [0.15, 0.2) is 4.34 Å². The Hall–Kier alpha value is -0.260. The summed E-state index contributed by atoms with van der Waals surface area (Å²) in [6.45, 7) is 1.93. The van der Waals surface area contributed by atoms with Gasteiger partial charge in [0.05, 0.1) is 16.0 Å². The van der Waals surface area contributed by atoms with Crippen LogP contribution in [0, 0.1) is 0 Å². The van der Waals surface area contributed by atoms with E-state index in [1.807, 2.05) is 5.38 Å². The fourth-order valence-electron chi connectivity index (χ4n) is 1.45. The lowest BCUT2D eigenvalue weighted by Crippen LogP contribution is -2.36. The second-order valence-corrected chi connectivity index (χ2v) is 5.86. The minimum Gasteiger partial charge on any atom is -0.316 e. The fourth-order valence-corrected chi connectivity index (χ4v) is 3.87. The zero-order valence-corrected chi connectivity index (χ0v) is 8.87. The number of rotatable bonds is 2. The van der Waals surface area contributed by atoms with Crippen LogP contribution in [0.4, 0.5) is 0 Å². The highest BCUT2D eigenvalue weighted by atomic mass is 32.2. The van der Waals surface area contributed by atoms with Crippen LogP contribution in [0.5, 0.6) is 0 Å². The SMILES string of the molecule is O=[S@](c1nccs1)[C@H]1CCCNC1. The van der Waals surface area contributed by atoms with Crippen LogP contribution in [0.1, 0.15) is 12.8 Å². The van der Waals surface area contributed by atoms with E-state index in [-0.39, 0.29) is 5.25 Å². The third-order valence-electron chi connectivity index (χ3n) is 2.14. The van der Waals surface area contributed by atoms with Gasteiger partial charge in [-0.2, -0.15) is 0 Å². The molecule has 1 aromatic heterocycles. The highest BCUT2D eigenvalue weighted by Gasteiger charge is 2.22. The van der Waals surface area contributed by atoms with Gasteiger partial charge in [0, 0.05) is 18.1 Å². The van der Waals surface area contributed by atoms with E-state index in [0.29, 0.717) is 0 Å². The molecule has 0 unspecified atom stereocenters. The molecule has 1 saturated heterocycles. The van der Waals surface area contributed by atoms with Crippen molar-refractivity contribution < 1.29 is 4.21 Å². The lowest BCUT2D eigenvalue weighted by Gasteiger charge is -2.20. The van der Waals surface area contributed by atoms with Gasteiger partial charge >= 0.3 is 0 Å². The summed E-state index contributed by atoms with van der Waals surface area (Å²) in [5.74, 6) is 0. The molecule has 1 fully saturated rings. The highest BCUT2D eigenvalue weighted by molar-refractivity contribution is 7.87. The van der Waals surface area contributed by atoms with Crippen molar-refractivity contribution in [2.75, 3.05) is 13.1 Å². The molecule has 2 rings (SSSR count). The van der Waals surface area contributed by atoms with Gasteiger partial charge in [0.2, 0.25) is 0 Å². The number of nitrogens with one attached hydrogen (secondary N) is 1. The summed E-state index contributed by atoms with van der Waals surface area (Å²) in [6.07, 6.45) is 3.90. The lowest BCUT2D eigenvalue weighted by atomic mass is 10.2. The van der Waals surface area contributed by atoms with Gasteiger partial charge in [-0.05, 0) is 19.4 Å². The Labute approximate surface area is 84.0 Å². The molecule has 0 spiro atoms. The van der Waals surface area contributed by atoms with E-state index in [0.717, 1.165) is 30.3 Å². The minimum atomic E-state index is -0.894. The molecule has 0 aromatic carbocycles. The molecule has 1 aliphatic heterocycles. The summed E-state index contributed by atoms with van der Waals surface area (Å²) < 4.78 is 12.7. The molecular formula is C8H12N2OS2. The predicted octanol–water partition coefficient (Wildman–Crippen LogP) is 1.00. The summed E-state index contributed by atoms with van der Waals surface area (Å²) in [5, 5.41) is 5.40. The summed E-state index contributed by atoms with van der Waals surface area (Å²) in [4.78, 5) is 4.08. The molecule has 0 aliphatic carbocycles. The zero-order chi connectivity index (χ0) is 9.10. The fraction of sp³-hybridized carbons (Fsp3) is 0.625. The van der Waals surface area contributed by atoms with Crippen LogP contribution >= 0.6 is 11.3 Å². The van der Waals surface area contributed by atoms with E-state index in [1.54, 1.807) is 6.20 Å². The third-order valence-corrected chi connectivity index (χ3v) is 4.94. The van der Waals surface area contributed by atoms with Crippen molar-refractivity contribution in [2.45, 2.75) is 22.4 Å². The first-order chi connectivity index (χ1) is 6.38. The molecule has 2 heterocycles. The predicted molar refractivity (Wildman–Crippen MR) is 54.4 cm³/mol. The van der Waals surface area contributed by atoms with Gasteiger partial charge < -0.3 is 5.32 Å². The molecule has 72 valence electrons. The molecule has 1 aromatic rings. The molecule has 3 nitrogen and oxygen atoms in total. The van der Waals surface area contributed by atoms with Crippen LogP contribution in [-0.4, -0.2) is 27.5 Å². The molecule has 13 heavy (non-hydrogen) atoms. The van der Waals surface area contributed by atoms with E-state index in [1.165, 1.54) is 11.3 Å². The number of hydrogen-bond acceptors (Lipinski definition) is 4. The van der Waals surface area contributed by atoms with Gasteiger partial charge in [-0.15, -0.1) is 11.3 Å². The summed E-state index contributed by atoms with van der Waals surface area (Å²) in [5.41, 5.74) is 0. The first-order valence-electron chi connectivity index (χ1n) is 4.39. The van der Waals surface area contributed by atoms with Gasteiger partial charge in [0.1, 0.15) is 0 Å². The maximum Gasteiger partial charge on any atom is 0.180 e. The number of thiazole rings is 1. The molecular weight excluding hydrogens is 204 g/mol. The second kappa shape index (κ2) is 4.30. The summed E-state index contributed by atoms with van der Waals surface area (Å²) in [6, 6.07) is 0. The molecule has 0 saturated carbocycles. The van der Waals surface area contributed by atoms with Crippen molar-refractivity contribution in [3.63, 3.8) is 0 Å². The molecule has 1 N–H and O–H groups in total. The summed E-state index contributed by atoms with van der Waals surface area (Å²) in [7, 11) is -0.894. The largest absolute Gasteiger partial charge is 0.316 e. The number of nitrogens with zero attached hydrogens (tertiary/aromatic N) is 1. The average molecular weight is 216 g/mol. The average Bonchev–Trinajstić information content (AvgIpc) is 2.71. The van der Waals surface area contributed by atoms with Crippen molar-refractivity contribution in [3.05, 3.63) is 11.6 Å². The Kier molecular flexibility index (Phi) is 3.08. The normalized spacial score (nSPS) is 25.7. The van der Waals surface area contributed by atoms with E-state index in [9.17, 15) is 4.21 Å². The first kappa shape index (κ1) is 9.30. The maximum absolute atomic E-state index is 11.9. The van der Waals surface area contributed by atoms with Gasteiger partial charge in [-0.1, -0.05) is 0 Å². The van der Waals surface area contributed by atoms with Crippen LogP contribution in [0.25, 0.3) is 0 Å². The molecule has 2 atom stereocenters. The van der Waals surface area contributed by atoms with Crippen molar-refractivity contribution >= 4 is 22.1 Å². The quantitative estimate of drug-likeness (QED) is 0.802. The Morgan fingerprint density at radius 1 is 1.69 bits per heavy atom. The van der Waals surface area contributed by atoms with Crippen molar-refractivity contribution in [1.29, 1.82) is 0 Å². The molecule has 5 heteroatoms. The standard InChI is InChI=1S/C8H12N2OS2/c11-13(8-10-4-5-12-8)7-2-1-3-9-6-7/h4-5,7,9H,1-3,6H2/t7-,13-/m0/s1. The van der Waals surface area contributed by atoms with Crippen LogP contribution < -0.4 is 5.32 Å². The van der Waals surface area contributed by atoms with E-state index in [2.05, 4.69) is 10.3 Å². The Balaban J connectivity index is 2.04. The van der Waals surface area contributed by atoms with Crippen LogP contribution in [0.3, 0.4) is 0 Å². The highest BCUT2D eigenvalue weighted by Crippen LogP contribution is 2.18. The Morgan fingerprint density at radius 2 is 2.62 bits per heavy atom. The van der Waals surface area contributed by atoms with Gasteiger partial charge in [0.25, 0.3) is 0 Å². The van der Waals surface area contributed by atoms with Gasteiger partial charge in [-0.25, -0.2) is 4.98 Å². The smallest absolute Gasteiger partial charge is 0.180 e. The van der Waals surface area contributed by atoms with Crippen LogP contribution in [0.2, 0.25) is 0 Å². The summed E-state index contributed by atoms with van der Waals surface area (Å²) >= 11 is 1.49. The maximum atomic E-state index is 11.9. The van der Waals surface area contributed by atoms with Gasteiger partial charge in [-0.3, -0.25) is 4.21 Å². The van der Waals surface area contributed by atoms with Crippen LogP contribution in [0.15, 0.2) is 15.9 Å². The Bertz CT molecular complexity index is 280. The number of hydrogen-bond donors (Lipinski definition) is 1. The third kappa shape index (κ3) is 2.15. The van der Waals surface area contributed by atoms with Crippen molar-refractivity contribution in [3.8, 4) is 0 Å². The second-order valence-electron chi connectivity index (χ2n) is 3.06. The molecule has 0 radical (unpaired) electrons. The zero-order valence-electron chi connectivity index (χ0n) is 7.23. The monoisotopic (exact) mass is 216 g/mol. The molecule has 0 amide bonds. The molecule has 0 bridgehead atoms. The van der Waals surface area contributed by atoms with Crippen LogP contribution in [-0.2, 0) is 10.8 Å². The van der Waals surface area contributed by atoms with E-state index < -0.39 is 10.8 Å².